The van der Waals surface area contributed by atoms with E-state index in [2.05, 4.69) is 58.7 Å². The van der Waals surface area contributed by atoms with E-state index in [-0.39, 0.29) is 0 Å². The first-order valence-corrected chi connectivity index (χ1v) is 7.19. The molecule has 0 aliphatic carbocycles. The van der Waals surface area contributed by atoms with Crippen molar-refractivity contribution in [3.05, 3.63) is 71.9 Å². The molecule has 110 valence electrons. The van der Waals surface area contributed by atoms with Crippen LogP contribution in [0.1, 0.15) is 11.1 Å². The quantitative estimate of drug-likeness (QED) is 0.738. The van der Waals surface area contributed by atoms with Crippen LogP contribution < -0.4 is 10.6 Å². The van der Waals surface area contributed by atoms with Crippen LogP contribution in [-0.2, 0) is 0 Å². The number of nitrogens with zero attached hydrogens (tertiary/aromatic N) is 2. The SMILES string of the molecule is Cc1ccc(Nc2ccnc(Nc3ccc(C)cc3)n2)cc1. The molecule has 0 spiro atoms. The summed E-state index contributed by atoms with van der Waals surface area (Å²) in [5.41, 5.74) is 4.43. The van der Waals surface area contributed by atoms with Gasteiger partial charge in [-0.2, -0.15) is 4.98 Å². The Morgan fingerprint density at radius 3 is 1.82 bits per heavy atom. The number of rotatable bonds is 4. The number of aromatic nitrogens is 2. The highest BCUT2D eigenvalue weighted by atomic mass is 15.1. The van der Waals surface area contributed by atoms with Crippen LogP contribution in [0.2, 0.25) is 0 Å². The topological polar surface area (TPSA) is 49.8 Å². The molecular weight excluding hydrogens is 272 g/mol. The van der Waals surface area contributed by atoms with E-state index < -0.39 is 0 Å². The smallest absolute Gasteiger partial charge is 0.229 e. The van der Waals surface area contributed by atoms with Crippen LogP contribution in [0.15, 0.2) is 60.8 Å². The minimum atomic E-state index is 0.570. The van der Waals surface area contributed by atoms with Gasteiger partial charge in [-0.3, -0.25) is 0 Å². The van der Waals surface area contributed by atoms with Crippen molar-refractivity contribution in [2.75, 3.05) is 10.6 Å². The van der Waals surface area contributed by atoms with Crippen LogP contribution in [-0.4, -0.2) is 9.97 Å². The molecule has 2 aromatic carbocycles. The first kappa shape index (κ1) is 14.1. The van der Waals surface area contributed by atoms with Gasteiger partial charge in [0.05, 0.1) is 0 Å². The Morgan fingerprint density at radius 2 is 1.23 bits per heavy atom. The van der Waals surface area contributed by atoms with Crippen molar-refractivity contribution in [1.29, 1.82) is 0 Å². The molecule has 4 heteroatoms. The molecule has 3 aromatic rings. The minimum absolute atomic E-state index is 0.570. The van der Waals surface area contributed by atoms with Crippen molar-refractivity contribution in [2.24, 2.45) is 0 Å². The Labute approximate surface area is 130 Å². The Balaban J connectivity index is 1.74. The number of benzene rings is 2. The van der Waals surface area contributed by atoms with E-state index in [1.807, 2.05) is 30.3 Å². The summed E-state index contributed by atoms with van der Waals surface area (Å²) in [6, 6.07) is 18.2. The summed E-state index contributed by atoms with van der Waals surface area (Å²) in [5.74, 6) is 1.33. The Bertz CT molecular complexity index is 686. The molecule has 1 aromatic heterocycles. The van der Waals surface area contributed by atoms with E-state index in [1.54, 1.807) is 6.20 Å². The number of aryl methyl sites for hydroxylation is 2. The van der Waals surface area contributed by atoms with Gasteiger partial charge in [0.2, 0.25) is 5.95 Å². The standard InChI is InChI=1S/C18H18N4/c1-13-3-7-15(8-4-13)20-17-11-12-19-18(22-17)21-16-9-5-14(2)6-10-16/h3-12H,1-2H3,(H2,19,20,21,22). The molecule has 22 heavy (non-hydrogen) atoms. The Hall–Kier alpha value is -2.88. The fourth-order valence-corrected chi connectivity index (χ4v) is 2.04. The number of hydrogen-bond donors (Lipinski definition) is 2. The average Bonchev–Trinajstić information content (AvgIpc) is 2.52. The van der Waals surface area contributed by atoms with Crippen molar-refractivity contribution in [2.45, 2.75) is 13.8 Å². The lowest BCUT2D eigenvalue weighted by atomic mass is 10.2. The zero-order valence-corrected chi connectivity index (χ0v) is 12.7. The molecule has 2 N–H and O–H groups in total. The lowest BCUT2D eigenvalue weighted by molar-refractivity contribution is 1.16. The molecule has 0 saturated heterocycles. The van der Waals surface area contributed by atoms with Gasteiger partial charge < -0.3 is 10.6 Å². The van der Waals surface area contributed by atoms with Crippen molar-refractivity contribution >= 4 is 23.1 Å². The van der Waals surface area contributed by atoms with Crippen LogP contribution >= 0.6 is 0 Å². The van der Waals surface area contributed by atoms with Crippen LogP contribution in [0.4, 0.5) is 23.1 Å². The van der Waals surface area contributed by atoms with E-state index in [4.69, 9.17) is 0 Å². The maximum Gasteiger partial charge on any atom is 0.229 e. The van der Waals surface area contributed by atoms with Crippen LogP contribution in [0.5, 0.6) is 0 Å². The predicted octanol–water partition coefficient (Wildman–Crippen LogP) is 4.58. The molecule has 0 unspecified atom stereocenters. The molecule has 4 nitrogen and oxygen atoms in total. The monoisotopic (exact) mass is 290 g/mol. The second kappa shape index (κ2) is 6.26. The lowest BCUT2D eigenvalue weighted by Crippen LogP contribution is -2.00. The fraction of sp³-hybridized carbons (Fsp3) is 0.111. The molecule has 0 aliphatic rings. The molecule has 0 fully saturated rings. The number of anilines is 4. The Morgan fingerprint density at radius 1 is 0.682 bits per heavy atom. The zero-order valence-electron chi connectivity index (χ0n) is 12.7. The normalized spacial score (nSPS) is 10.3. The van der Waals surface area contributed by atoms with E-state index in [9.17, 15) is 0 Å². The molecule has 0 amide bonds. The van der Waals surface area contributed by atoms with E-state index >= 15 is 0 Å². The van der Waals surface area contributed by atoms with Gasteiger partial charge in [0.25, 0.3) is 0 Å². The third-order valence-electron chi connectivity index (χ3n) is 3.29. The Kier molecular flexibility index (Phi) is 4.01. The first-order valence-electron chi connectivity index (χ1n) is 7.19. The van der Waals surface area contributed by atoms with Gasteiger partial charge in [-0.15, -0.1) is 0 Å². The molecule has 1 heterocycles. The minimum Gasteiger partial charge on any atom is -0.340 e. The third-order valence-corrected chi connectivity index (χ3v) is 3.29. The fourth-order valence-electron chi connectivity index (χ4n) is 2.04. The van der Waals surface area contributed by atoms with Gasteiger partial charge in [-0.05, 0) is 44.2 Å². The maximum atomic E-state index is 4.47. The van der Waals surface area contributed by atoms with E-state index in [0.29, 0.717) is 5.95 Å². The van der Waals surface area contributed by atoms with Gasteiger partial charge in [-0.25, -0.2) is 4.98 Å². The predicted molar refractivity (Wildman–Crippen MR) is 91.0 cm³/mol. The van der Waals surface area contributed by atoms with Gasteiger partial charge >= 0.3 is 0 Å². The van der Waals surface area contributed by atoms with Crippen molar-refractivity contribution in [1.82, 2.24) is 9.97 Å². The summed E-state index contributed by atoms with van der Waals surface area (Å²) < 4.78 is 0. The molecule has 0 atom stereocenters. The van der Waals surface area contributed by atoms with Crippen molar-refractivity contribution in [3.63, 3.8) is 0 Å². The molecule has 3 rings (SSSR count). The maximum absolute atomic E-state index is 4.47. The number of hydrogen-bond acceptors (Lipinski definition) is 4. The molecule has 0 saturated carbocycles. The second-order valence-corrected chi connectivity index (χ2v) is 5.25. The van der Waals surface area contributed by atoms with Crippen molar-refractivity contribution < 1.29 is 0 Å². The summed E-state index contributed by atoms with van der Waals surface area (Å²) in [7, 11) is 0. The summed E-state index contributed by atoms with van der Waals surface area (Å²) >= 11 is 0. The second-order valence-electron chi connectivity index (χ2n) is 5.25. The van der Waals surface area contributed by atoms with Crippen LogP contribution in [0.25, 0.3) is 0 Å². The van der Waals surface area contributed by atoms with Gasteiger partial charge in [-0.1, -0.05) is 35.4 Å². The van der Waals surface area contributed by atoms with E-state index in [0.717, 1.165) is 17.2 Å². The highest BCUT2D eigenvalue weighted by molar-refractivity contribution is 5.59. The summed E-state index contributed by atoms with van der Waals surface area (Å²) in [5, 5.41) is 6.48. The molecule has 0 bridgehead atoms. The largest absolute Gasteiger partial charge is 0.340 e. The average molecular weight is 290 g/mol. The summed E-state index contributed by atoms with van der Waals surface area (Å²) in [6.07, 6.45) is 1.74. The van der Waals surface area contributed by atoms with Gasteiger partial charge in [0.1, 0.15) is 5.82 Å². The van der Waals surface area contributed by atoms with Crippen molar-refractivity contribution in [3.8, 4) is 0 Å². The summed E-state index contributed by atoms with van der Waals surface area (Å²) in [6.45, 7) is 4.13. The van der Waals surface area contributed by atoms with Gasteiger partial charge in [0.15, 0.2) is 0 Å². The first-order chi connectivity index (χ1) is 10.7. The molecule has 0 aliphatic heterocycles. The third kappa shape index (κ3) is 3.61. The highest BCUT2D eigenvalue weighted by Gasteiger charge is 2.01. The van der Waals surface area contributed by atoms with Crippen LogP contribution in [0.3, 0.4) is 0 Å². The zero-order chi connectivity index (χ0) is 15.4. The van der Waals surface area contributed by atoms with E-state index in [1.165, 1.54) is 11.1 Å². The molecule has 0 radical (unpaired) electrons. The van der Waals surface area contributed by atoms with Gasteiger partial charge in [0, 0.05) is 17.6 Å². The number of nitrogens with one attached hydrogen (secondary N) is 2. The highest BCUT2D eigenvalue weighted by Crippen LogP contribution is 2.18. The lowest BCUT2D eigenvalue weighted by Gasteiger charge is -2.09. The molecular formula is C18H18N4. The van der Waals surface area contributed by atoms with Crippen LogP contribution in [0, 0.1) is 13.8 Å². The summed E-state index contributed by atoms with van der Waals surface area (Å²) in [4.78, 5) is 8.73.